The number of aromatic nitrogens is 1. The van der Waals surface area contributed by atoms with E-state index in [1.165, 1.54) is 0 Å². The quantitative estimate of drug-likeness (QED) is 0.303. The third-order valence-corrected chi connectivity index (χ3v) is 5.66. The molecule has 2 atom stereocenters. The Balaban J connectivity index is 0.00000144. The van der Waals surface area contributed by atoms with Crippen molar-refractivity contribution in [2.75, 3.05) is 13.2 Å². The van der Waals surface area contributed by atoms with Crippen LogP contribution in [0.5, 0.6) is 0 Å². The van der Waals surface area contributed by atoms with Gasteiger partial charge >= 0.3 is 17.1 Å². The summed E-state index contributed by atoms with van der Waals surface area (Å²) < 4.78 is 11.9. The minimum atomic E-state index is -0.415. The summed E-state index contributed by atoms with van der Waals surface area (Å²) in [6, 6.07) is 26.1. The third kappa shape index (κ3) is 5.76. The van der Waals surface area contributed by atoms with E-state index < -0.39 is 11.1 Å². The summed E-state index contributed by atoms with van der Waals surface area (Å²) in [5.74, 6) is 1.10. The molecule has 0 aliphatic carbocycles. The van der Waals surface area contributed by atoms with Gasteiger partial charge in [-0.25, -0.2) is 15.0 Å². The van der Waals surface area contributed by atoms with Crippen LogP contribution in [-0.2, 0) is 37.6 Å². The van der Waals surface area contributed by atoms with Gasteiger partial charge in [-0.05, 0) is 37.1 Å². The first-order valence-corrected chi connectivity index (χ1v) is 10.1. The van der Waals surface area contributed by atoms with Gasteiger partial charge < -0.3 is 46.7 Å². The fourth-order valence-corrected chi connectivity index (χ4v) is 3.82. The smallest absolute Gasteiger partial charge is 1.00 e. The average Bonchev–Trinajstić information content (AvgIpc) is 3.40. The minimum Gasteiger partial charge on any atom is -1.00 e. The Morgan fingerprint density at radius 2 is 0.971 bits per heavy atom. The maximum Gasteiger partial charge on any atom is 3.00 e. The van der Waals surface area contributed by atoms with E-state index in [9.17, 15) is 0 Å². The molecule has 0 spiro atoms. The van der Waals surface area contributed by atoms with E-state index in [1.807, 2.05) is 54.6 Å². The molecule has 1 aromatic heterocycles. The molecule has 9 heteroatoms. The van der Waals surface area contributed by atoms with Crippen molar-refractivity contribution in [2.45, 2.75) is 24.9 Å². The summed E-state index contributed by atoms with van der Waals surface area (Å²) in [7, 11) is 0. The number of nitrogens with zero attached hydrogens (tertiary/aromatic N) is 3. The number of ether oxygens (including phenoxy) is 2. The van der Waals surface area contributed by atoms with E-state index in [2.05, 4.69) is 38.1 Å². The Bertz CT molecular complexity index is 1060. The number of hydrogen-bond donors (Lipinski definition) is 0. The van der Waals surface area contributed by atoms with Crippen molar-refractivity contribution in [2.24, 2.45) is 9.98 Å². The maximum atomic E-state index is 5.94. The number of aliphatic imine (C=N–C) groups is 2. The minimum absolute atomic E-state index is 0. The molecular formula is C25H23Cl3FeN3O2. The van der Waals surface area contributed by atoms with E-state index in [4.69, 9.17) is 24.4 Å². The van der Waals surface area contributed by atoms with Crippen molar-refractivity contribution in [3.05, 3.63) is 101 Å². The fraction of sp³-hybridized carbons (Fsp3) is 0.240. The van der Waals surface area contributed by atoms with Gasteiger partial charge in [-0.2, -0.15) is 0 Å². The van der Waals surface area contributed by atoms with Gasteiger partial charge in [0.2, 0.25) is 11.8 Å². The van der Waals surface area contributed by atoms with Crippen LogP contribution in [0.15, 0.2) is 88.8 Å². The molecular weight excluding hydrogens is 536 g/mol. The molecule has 0 saturated carbocycles. The Hall–Kier alpha value is -2.08. The summed E-state index contributed by atoms with van der Waals surface area (Å²) in [4.78, 5) is 14.5. The van der Waals surface area contributed by atoms with Gasteiger partial charge in [-0.3, -0.25) is 0 Å². The zero-order chi connectivity index (χ0) is 20.6. The molecule has 34 heavy (non-hydrogen) atoms. The van der Waals surface area contributed by atoms with Crippen LogP contribution in [0.4, 0.5) is 0 Å². The maximum absolute atomic E-state index is 5.94. The third-order valence-electron chi connectivity index (χ3n) is 5.66. The monoisotopic (exact) mass is 558 g/mol. The predicted molar refractivity (Wildman–Crippen MR) is 117 cm³/mol. The molecule has 179 valence electrons. The second kappa shape index (κ2) is 12.1. The van der Waals surface area contributed by atoms with Crippen molar-refractivity contribution >= 4 is 11.8 Å². The van der Waals surface area contributed by atoms with Crippen LogP contribution in [0.25, 0.3) is 0 Å². The van der Waals surface area contributed by atoms with Gasteiger partial charge in [0.05, 0.1) is 0 Å². The van der Waals surface area contributed by atoms with Crippen LogP contribution in [0.1, 0.15) is 36.4 Å². The van der Waals surface area contributed by atoms with Crippen molar-refractivity contribution < 1.29 is 63.8 Å². The summed E-state index contributed by atoms with van der Waals surface area (Å²) in [6.07, 6.45) is 0. The van der Waals surface area contributed by atoms with E-state index in [1.54, 1.807) is 0 Å². The summed E-state index contributed by atoms with van der Waals surface area (Å²) >= 11 is 0. The van der Waals surface area contributed by atoms with E-state index >= 15 is 0 Å². The molecule has 0 fully saturated rings. The largest absolute Gasteiger partial charge is 3.00 e. The van der Waals surface area contributed by atoms with Gasteiger partial charge in [-0.15, -0.1) is 0 Å². The second-order valence-electron chi connectivity index (χ2n) is 8.10. The van der Waals surface area contributed by atoms with Gasteiger partial charge in [-0.1, -0.05) is 66.7 Å². The molecule has 2 aliphatic heterocycles. The number of halogens is 3. The Kier molecular flexibility index (Phi) is 10.6. The first-order valence-electron chi connectivity index (χ1n) is 10.1. The van der Waals surface area contributed by atoms with E-state index in [0.29, 0.717) is 36.4 Å². The molecule has 3 heterocycles. The molecule has 2 aromatic carbocycles. The topological polar surface area (TPSA) is 56.1 Å². The number of pyridine rings is 1. The van der Waals surface area contributed by atoms with Crippen LogP contribution in [-0.4, -0.2) is 30.0 Å². The average molecular weight is 560 g/mol. The van der Waals surface area contributed by atoms with Gasteiger partial charge in [0.15, 0.2) is 0 Å². The number of hydrogen-bond acceptors (Lipinski definition) is 5. The van der Waals surface area contributed by atoms with Crippen LogP contribution >= 0.6 is 0 Å². The number of benzene rings is 2. The molecule has 1 radical (unpaired) electrons. The van der Waals surface area contributed by atoms with Gasteiger partial charge in [0.1, 0.15) is 35.7 Å². The Morgan fingerprint density at radius 1 is 0.588 bits per heavy atom. The van der Waals surface area contributed by atoms with Gasteiger partial charge in [0, 0.05) is 0 Å². The molecule has 2 unspecified atom stereocenters. The van der Waals surface area contributed by atoms with Crippen LogP contribution in [0.2, 0.25) is 0 Å². The van der Waals surface area contributed by atoms with Crippen molar-refractivity contribution in [1.82, 2.24) is 4.98 Å². The first-order chi connectivity index (χ1) is 14.6. The molecule has 0 bridgehead atoms. The summed E-state index contributed by atoms with van der Waals surface area (Å²) in [5, 5.41) is 0. The zero-order valence-electron chi connectivity index (χ0n) is 18.6. The van der Waals surface area contributed by atoms with Crippen molar-refractivity contribution in [1.29, 1.82) is 0 Å². The summed E-state index contributed by atoms with van der Waals surface area (Å²) in [5.41, 5.74) is 2.79. The van der Waals surface area contributed by atoms with E-state index in [0.717, 1.165) is 11.1 Å². The predicted octanol–water partition coefficient (Wildman–Crippen LogP) is -4.52. The van der Waals surface area contributed by atoms with Crippen molar-refractivity contribution in [3.63, 3.8) is 0 Å². The fourth-order valence-electron chi connectivity index (χ4n) is 3.82. The van der Waals surface area contributed by atoms with Crippen LogP contribution < -0.4 is 37.2 Å². The van der Waals surface area contributed by atoms with Gasteiger partial charge in [0.25, 0.3) is 0 Å². The molecule has 3 aromatic rings. The Morgan fingerprint density at radius 3 is 1.35 bits per heavy atom. The molecule has 0 N–H and O–H groups in total. The molecule has 0 amide bonds. The molecule has 0 saturated heterocycles. The molecule has 5 rings (SSSR count). The second-order valence-corrected chi connectivity index (χ2v) is 8.10. The molecule has 5 nitrogen and oxygen atoms in total. The van der Waals surface area contributed by atoms with E-state index in [-0.39, 0.29) is 54.3 Å². The normalized spacial score (nSPS) is 22.3. The SMILES string of the molecule is CC1(c2ccccc2)COC(c2cccc(C3=NC(C)(c4ccccc4)CO3)n2)=N1.[Cl-].[Cl-].[Cl-].[Fe+3]. The van der Waals surface area contributed by atoms with Crippen LogP contribution in [0, 0.1) is 0 Å². The Labute approximate surface area is 229 Å². The van der Waals surface area contributed by atoms with Crippen molar-refractivity contribution in [3.8, 4) is 0 Å². The standard InChI is InChI=1S/C25H23N3O2.3ClH.Fe/c1-24(18-10-5-3-6-11-18)16-29-22(27-24)20-14-9-15-21(26-20)23-28-25(2,17-30-23)19-12-7-4-8-13-19;;;;/h3-15H,16-17H2,1-2H3;3*1H;/q;;;;+3/p-3. The zero-order valence-corrected chi connectivity index (χ0v) is 21.9. The number of rotatable bonds is 4. The summed E-state index contributed by atoms with van der Waals surface area (Å²) in [6.45, 7) is 5.13. The van der Waals surface area contributed by atoms with Crippen LogP contribution in [0.3, 0.4) is 0 Å². The molecule has 2 aliphatic rings. The first kappa shape index (κ1) is 30.0.